The van der Waals surface area contributed by atoms with Crippen LogP contribution in [0, 0.1) is 0 Å². The fraction of sp³-hybridized carbons (Fsp3) is 0.417. The highest BCUT2D eigenvalue weighted by Crippen LogP contribution is 2.26. The van der Waals surface area contributed by atoms with Gasteiger partial charge in [0.2, 0.25) is 5.91 Å². The van der Waals surface area contributed by atoms with Crippen LogP contribution in [0.1, 0.15) is 17.9 Å². The van der Waals surface area contributed by atoms with Crippen LogP contribution in [0.15, 0.2) is 29.7 Å². The minimum atomic E-state index is -0.869. The van der Waals surface area contributed by atoms with Gasteiger partial charge in [0.25, 0.3) is 0 Å². The second-order valence-electron chi connectivity index (χ2n) is 4.34. The van der Waals surface area contributed by atoms with E-state index in [9.17, 15) is 4.79 Å². The highest BCUT2D eigenvalue weighted by Gasteiger charge is 2.29. The Hall–Kier alpha value is -1.37. The molecule has 1 aliphatic rings. The van der Waals surface area contributed by atoms with Gasteiger partial charge in [-0.3, -0.25) is 9.78 Å². The van der Waals surface area contributed by atoms with Gasteiger partial charge in [0.15, 0.2) is 0 Å². The van der Waals surface area contributed by atoms with Crippen molar-refractivity contribution in [2.24, 2.45) is 10.9 Å². The molecule has 0 spiro atoms. The maximum Gasteiger partial charge on any atom is 0.245 e. The molecule has 6 nitrogen and oxygen atoms in total. The largest absolute Gasteiger partial charge is 0.411 e. The van der Waals surface area contributed by atoms with Gasteiger partial charge in [0, 0.05) is 31.4 Å². The quantitative estimate of drug-likeness (QED) is 0.494. The van der Waals surface area contributed by atoms with E-state index in [2.05, 4.69) is 10.1 Å². The Morgan fingerprint density at radius 3 is 2.75 bits per heavy atom. The van der Waals surface area contributed by atoms with Crippen molar-refractivity contribution >= 4 is 36.9 Å². The molecule has 0 saturated carbocycles. The van der Waals surface area contributed by atoms with E-state index in [4.69, 9.17) is 10.9 Å². The highest BCUT2D eigenvalue weighted by atomic mass is 35.5. The van der Waals surface area contributed by atoms with Crippen molar-refractivity contribution in [2.75, 3.05) is 13.1 Å². The molecule has 0 aliphatic carbocycles. The summed E-state index contributed by atoms with van der Waals surface area (Å²) in [5, 5.41) is 11.2. The summed E-state index contributed by atoms with van der Waals surface area (Å²) in [7, 11) is 0. The Morgan fingerprint density at radius 1 is 1.50 bits per heavy atom. The molecule has 20 heavy (non-hydrogen) atoms. The van der Waals surface area contributed by atoms with Crippen molar-refractivity contribution in [1.29, 1.82) is 0 Å². The van der Waals surface area contributed by atoms with E-state index in [1.165, 1.54) is 5.56 Å². The molecular weight excluding hydrogens is 303 g/mol. The van der Waals surface area contributed by atoms with E-state index in [-0.39, 0.29) is 30.7 Å². The SMILES string of the molecule is Cl.Cl.NC(C=NO)C(=O)N1CCC(c2ccncc2)C1. The predicted octanol–water partition coefficient (Wildman–Crippen LogP) is 1.03. The molecular formula is C12H18Cl2N4O2. The first-order valence-corrected chi connectivity index (χ1v) is 5.84. The van der Waals surface area contributed by atoms with Gasteiger partial charge in [-0.25, -0.2) is 0 Å². The standard InChI is InChI=1S/C12H16N4O2.2ClH/c13-11(7-15-18)12(17)16-6-3-10(8-16)9-1-4-14-5-2-9;;/h1-2,4-5,7,10-11,18H,3,6,8,13H2;2*1H. The number of hydrogen-bond acceptors (Lipinski definition) is 5. The third-order valence-corrected chi connectivity index (χ3v) is 3.19. The van der Waals surface area contributed by atoms with Crippen LogP contribution in [0.5, 0.6) is 0 Å². The maximum atomic E-state index is 11.9. The number of pyridine rings is 1. The third-order valence-electron chi connectivity index (χ3n) is 3.19. The summed E-state index contributed by atoms with van der Waals surface area (Å²) in [5.74, 6) is 0.125. The molecule has 0 radical (unpaired) electrons. The molecule has 2 unspecified atom stereocenters. The normalized spacial score (nSPS) is 19.2. The molecule has 1 saturated heterocycles. The van der Waals surface area contributed by atoms with Crippen molar-refractivity contribution in [2.45, 2.75) is 18.4 Å². The number of nitrogens with two attached hydrogens (primary N) is 1. The predicted molar refractivity (Wildman–Crippen MR) is 80.9 cm³/mol. The minimum Gasteiger partial charge on any atom is -0.411 e. The van der Waals surface area contributed by atoms with E-state index in [1.807, 2.05) is 12.1 Å². The molecule has 2 rings (SSSR count). The molecule has 2 atom stereocenters. The zero-order valence-electron chi connectivity index (χ0n) is 10.8. The van der Waals surface area contributed by atoms with Crippen molar-refractivity contribution in [3.05, 3.63) is 30.1 Å². The van der Waals surface area contributed by atoms with Crippen LogP contribution in [-0.4, -0.2) is 46.3 Å². The first-order valence-electron chi connectivity index (χ1n) is 5.84. The summed E-state index contributed by atoms with van der Waals surface area (Å²) < 4.78 is 0. The fourth-order valence-corrected chi connectivity index (χ4v) is 2.21. The van der Waals surface area contributed by atoms with Gasteiger partial charge in [-0.05, 0) is 24.1 Å². The Bertz CT molecular complexity index is 444. The van der Waals surface area contributed by atoms with Crippen molar-refractivity contribution in [3.63, 3.8) is 0 Å². The molecule has 1 aromatic rings. The monoisotopic (exact) mass is 320 g/mol. The van der Waals surface area contributed by atoms with Gasteiger partial charge >= 0.3 is 0 Å². The first-order chi connectivity index (χ1) is 8.72. The summed E-state index contributed by atoms with van der Waals surface area (Å²) >= 11 is 0. The lowest BCUT2D eigenvalue weighted by Crippen LogP contribution is -2.43. The first kappa shape index (κ1) is 18.6. The minimum absolute atomic E-state index is 0. The van der Waals surface area contributed by atoms with Crippen molar-refractivity contribution in [1.82, 2.24) is 9.88 Å². The number of oxime groups is 1. The smallest absolute Gasteiger partial charge is 0.245 e. The average molecular weight is 321 g/mol. The topological polar surface area (TPSA) is 91.8 Å². The van der Waals surface area contributed by atoms with Crippen LogP contribution >= 0.6 is 24.8 Å². The molecule has 1 aliphatic heterocycles. The number of carbonyl (C=O) groups excluding carboxylic acids is 1. The summed E-state index contributed by atoms with van der Waals surface area (Å²) in [6.07, 6.45) is 5.47. The van der Waals surface area contributed by atoms with E-state index in [0.717, 1.165) is 12.6 Å². The van der Waals surface area contributed by atoms with Gasteiger partial charge in [-0.1, -0.05) is 5.16 Å². The van der Waals surface area contributed by atoms with Gasteiger partial charge in [-0.2, -0.15) is 0 Å². The lowest BCUT2D eigenvalue weighted by Gasteiger charge is -2.18. The van der Waals surface area contributed by atoms with Crippen LogP contribution in [0.4, 0.5) is 0 Å². The van der Waals surface area contributed by atoms with Gasteiger partial charge < -0.3 is 15.8 Å². The number of halogens is 2. The Labute approximate surface area is 129 Å². The number of amides is 1. The third kappa shape index (κ3) is 4.33. The van der Waals surface area contributed by atoms with Crippen LogP contribution in [0.2, 0.25) is 0 Å². The summed E-state index contributed by atoms with van der Waals surface area (Å²) in [6.45, 7) is 1.33. The number of rotatable bonds is 3. The van der Waals surface area contributed by atoms with Gasteiger partial charge in [-0.15, -0.1) is 24.8 Å². The second-order valence-corrected chi connectivity index (χ2v) is 4.34. The second kappa shape index (κ2) is 8.73. The van der Waals surface area contributed by atoms with Crippen LogP contribution < -0.4 is 5.73 Å². The Morgan fingerprint density at radius 2 is 2.15 bits per heavy atom. The van der Waals surface area contributed by atoms with Crippen molar-refractivity contribution in [3.8, 4) is 0 Å². The van der Waals surface area contributed by atoms with E-state index < -0.39 is 6.04 Å². The molecule has 2 heterocycles. The van der Waals surface area contributed by atoms with Crippen molar-refractivity contribution < 1.29 is 10.0 Å². The van der Waals surface area contributed by atoms with Crippen LogP contribution in [0.25, 0.3) is 0 Å². The Kier molecular flexibility index (Phi) is 8.13. The summed E-state index contributed by atoms with van der Waals surface area (Å²) in [4.78, 5) is 17.6. The van der Waals surface area contributed by atoms with Crippen LogP contribution in [0.3, 0.4) is 0 Å². The molecule has 1 fully saturated rings. The molecule has 3 N–H and O–H groups in total. The number of hydrogen-bond donors (Lipinski definition) is 2. The number of nitrogens with zero attached hydrogens (tertiary/aromatic N) is 3. The molecule has 112 valence electrons. The Balaban J connectivity index is 0.00000180. The number of aromatic nitrogens is 1. The number of carbonyl (C=O) groups is 1. The lowest BCUT2D eigenvalue weighted by molar-refractivity contribution is -0.129. The maximum absolute atomic E-state index is 11.9. The molecule has 8 heteroatoms. The number of likely N-dealkylation sites (tertiary alicyclic amines) is 1. The zero-order chi connectivity index (χ0) is 13.0. The zero-order valence-corrected chi connectivity index (χ0v) is 12.4. The highest BCUT2D eigenvalue weighted by molar-refractivity contribution is 5.97. The van der Waals surface area contributed by atoms with E-state index in [0.29, 0.717) is 19.0 Å². The summed E-state index contributed by atoms with van der Waals surface area (Å²) in [6, 6.07) is 3.06. The summed E-state index contributed by atoms with van der Waals surface area (Å²) in [5.41, 5.74) is 6.77. The molecule has 0 bridgehead atoms. The van der Waals surface area contributed by atoms with Gasteiger partial charge in [0.1, 0.15) is 6.04 Å². The molecule has 1 amide bonds. The molecule has 1 aromatic heterocycles. The lowest BCUT2D eigenvalue weighted by atomic mass is 10.00. The fourth-order valence-electron chi connectivity index (χ4n) is 2.21. The average Bonchev–Trinajstić information content (AvgIpc) is 2.89. The van der Waals surface area contributed by atoms with E-state index >= 15 is 0 Å². The van der Waals surface area contributed by atoms with Crippen LogP contribution in [-0.2, 0) is 4.79 Å². The van der Waals surface area contributed by atoms with Gasteiger partial charge in [0.05, 0.1) is 6.21 Å². The molecule has 0 aromatic carbocycles. The van der Waals surface area contributed by atoms with E-state index in [1.54, 1.807) is 17.3 Å².